The van der Waals surface area contributed by atoms with E-state index in [2.05, 4.69) is 25.7 Å². The molecule has 3 N–H and O–H groups in total. The minimum Gasteiger partial charge on any atom is -0.494 e. The molecule has 27 heavy (non-hydrogen) atoms. The normalized spacial score (nSPS) is 10.6. The maximum atomic E-state index is 8.95. The zero-order valence-corrected chi connectivity index (χ0v) is 15.6. The van der Waals surface area contributed by atoms with Crippen LogP contribution in [0.3, 0.4) is 0 Å². The van der Waals surface area contributed by atoms with Gasteiger partial charge in [-0.25, -0.2) is 4.98 Å². The molecule has 0 fully saturated rings. The molecule has 0 bridgehead atoms. The summed E-state index contributed by atoms with van der Waals surface area (Å²) in [6.45, 7) is 3.57. The third kappa shape index (κ3) is 5.32. The van der Waals surface area contributed by atoms with Crippen molar-refractivity contribution in [2.45, 2.75) is 20.0 Å². The number of ether oxygens (including phenoxy) is 1. The molecule has 0 aliphatic carbocycles. The quantitative estimate of drug-likeness (QED) is 0.518. The largest absolute Gasteiger partial charge is 0.494 e. The van der Waals surface area contributed by atoms with Crippen molar-refractivity contribution < 1.29 is 9.84 Å². The summed E-state index contributed by atoms with van der Waals surface area (Å²) < 4.78 is 7.14. The maximum Gasteiger partial charge on any atom is 0.229 e. The number of benzene rings is 1. The highest BCUT2D eigenvalue weighted by Crippen LogP contribution is 2.22. The van der Waals surface area contributed by atoms with Crippen molar-refractivity contribution in [1.29, 1.82) is 0 Å². The maximum absolute atomic E-state index is 8.95. The van der Waals surface area contributed by atoms with Crippen LogP contribution in [0.5, 0.6) is 5.75 Å². The number of aliphatic hydroxyl groups is 1. The summed E-state index contributed by atoms with van der Waals surface area (Å²) in [4.78, 5) is 8.60. The Morgan fingerprint density at radius 3 is 3.00 bits per heavy atom. The lowest BCUT2D eigenvalue weighted by Gasteiger charge is -2.10. The van der Waals surface area contributed by atoms with E-state index in [0.29, 0.717) is 36.5 Å². The highest BCUT2D eigenvalue weighted by molar-refractivity contribution is 6.32. The predicted octanol–water partition coefficient (Wildman–Crippen LogP) is 3.07. The summed E-state index contributed by atoms with van der Waals surface area (Å²) in [5.41, 5.74) is 1.77. The van der Waals surface area contributed by atoms with Crippen LogP contribution in [-0.2, 0) is 13.1 Å². The van der Waals surface area contributed by atoms with Gasteiger partial charge in [0.05, 0.1) is 37.8 Å². The van der Waals surface area contributed by atoms with Gasteiger partial charge in [-0.15, -0.1) is 0 Å². The fourth-order valence-corrected chi connectivity index (χ4v) is 2.59. The van der Waals surface area contributed by atoms with Gasteiger partial charge in [0.15, 0.2) is 5.82 Å². The van der Waals surface area contributed by atoms with Crippen molar-refractivity contribution in [2.24, 2.45) is 0 Å². The average Bonchev–Trinajstić information content (AvgIpc) is 3.10. The second-order valence-electron chi connectivity index (χ2n) is 5.66. The molecule has 3 aromatic rings. The number of rotatable bonds is 9. The van der Waals surface area contributed by atoms with Gasteiger partial charge in [0.1, 0.15) is 10.8 Å². The fourth-order valence-electron chi connectivity index (χ4n) is 2.43. The second kappa shape index (κ2) is 9.20. The molecule has 0 unspecified atom stereocenters. The van der Waals surface area contributed by atoms with E-state index < -0.39 is 0 Å². The molecule has 0 amide bonds. The molecule has 9 heteroatoms. The summed E-state index contributed by atoms with van der Waals surface area (Å²) in [5.74, 6) is 1.75. The van der Waals surface area contributed by atoms with E-state index in [9.17, 15) is 0 Å². The monoisotopic (exact) mass is 388 g/mol. The number of aliphatic hydroxyl groups excluding tert-OH is 1. The lowest BCUT2D eigenvalue weighted by molar-refractivity contribution is 0.269. The van der Waals surface area contributed by atoms with Crippen molar-refractivity contribution in [2.75, 3.05) is 23.8 Å². The first-order valence-electron chi connectivity index (χ1n) is 8.56. The van der Waals surface area contributed by atoms with Crippen LogP contribution in [0.4, 0.5) is 17.5 Å². The smallest absolute Gasteiger partial charge is 0.229 e. The van der Waals surface area contributed by atoms with Crippen molar-refractivity contribution in [3.05, 3.63) is 53.4 Å². The first-order valence-corrected chi connectivity index (χ1v) is 8.94. The van der Waals surface area contributed by atoms with Gasteiger partial charge >= 0.3 is 0 Å². The van der Waals surface area contributed by atoms with Crippen LogP contribution >= 0.6 is 11.6 Å². The second-order valence-corrected chi connectivity index (χ2v) is 6.07. The minimum absolute atomic E-state index is 0.0249. The Kier molecular flexibility index (Phi) is 6.45. The van der Waals surface area contributed by atoms with Crippen LogP contribution in [0.25, 0.3) is 0 Å². The Morgan fingerprint density at radius 2 is 2.19 bits per heavy atom. The Labute approximate surface area is 162 Å². The summed E-state index contributed by atoms with van der Waals surface area (Å²) in [7, 11) is 0. The van der Waals surface area contributed by atoms with Crippen LogP contribution in [-0.4, -0.2) is 38.1 Å². The Bertz CT molecular complexity index is 886. The van der Waals surface area contributed by atoms with Gasteiger partial charge in [0, 0.05) is 12.7 Å². The predicted molar refractivity (Wildman–Crippen MR) is 105 cm³/mol. The standard InChI is InChI=1S/C18H21ClN6O2/c1-2-27-15-5-3-4-13(8-15)9-20-17-16(19)11-21-18(24-17)23-14-10-22-25(12-14)6-7-26/h3-5,8,10-12,26H,2,6-7,9H2,1H3,(H2,20,21,23,24). The molecule has 0 atom stereocenters. The van der Waals surface area contributed by atoms with Gasteiger partial charge in [-0.3, -0.25) is 4.68 Å². The number of aromatic nitrogens is 4. The van der Waals surface area contributed by atoms with Crippen molar-refractivity contribution in [3.63, 3.8) is 0 Å². The molecule has 0 saturated carbocycles. The zero-order chi connectivity index (χ0) is 19.1. The Balaban J connectivity index is 1.66. The van der Waals surface area contributed by atoms with Gasteiger partial charge in [-0.05, 0) is 24.6 Å². The lowest BCUT2D eigenvalue weighted by Crippen LogP contribution is -2.05. The molecule has 1 aromatic carbocycles. The molecule has 2 aromatic heterocycles. The first kappa shape index (κ1) is 18.9. The fraction of sp³-hybridized carbons (Fsp3) is 0.278. The Hall–Kier alpha value is -2.84. The highest BCUT2D eigenvalue weighted by Gasteiger charge is 2.07. The molecule has 142 valence electrons. The first-order chi connectivity index (χ1) is 13.2. The molecule has 0 spiro atoms. The van der Waals surface area contributed by atoms with Gasteiger partial charge < -0.3 is 20.5 Å². The minimum atomic E-state index is 0.0249. The number of hydrogen-bond acceptors (Lipinski definition) is 7. The summed E-state index contributed by atoms with van der Waals surface area (Å²) in [5, 5.41) is 19.8. The molecular weight excluding hydrogens is 368 g/mol. The number of hydrogen-bond donors (Lipinski definition) is 3. The van der Waals surface area contributed by atoms with E-state index in [1.54, 1.807) is 17.1 Å². The van der Waals surface area contributed by atoms with Gasteiger partial charge in [0.2, 0.25) is 5.95 Å². The number of nitrogens with zero attached hydrogens (tertiary/aromatic N) is 4. The van der Waals surface area contributed by atoms with E-state index in [1.165, 1.54) is 6.20 Å². The highest BCUT2D eigenvalue weighted by atomic mass is 35.5. The molecule has 3 rings (SSSR count). The molecule has 0 aliphatic rings. The van der Waals surface area contributed by atoms with Gasteiger partial charge in [0.25, 0.3) is 0 Å². The van der Waals surface area contributed by atoms with Gasteiger partial charge in [-0.1, -0.05) is 23.7 Å². The molecule has 8 nitrogen and oxygen atoms in total. The van der Waals surface area contributed by atoms with E-state index >= 15 is 0 Å². The van der Waals surface area contributed by atoms with Crippen LogP contribution in [0.1, 0.15) is 12.5 Å². The summed E-state index contributed by atoms with van der Waals surface area (Å²) >= 11 is 6.21. The molecule has 0 radical (unpaired) electrons. The van der Waals surface area contributed by atoms with Crippen molar-refractivity contribution in [3.8, 4) is 5.75 Å². The number of nitrogens with one attached hydrogen (secondary N) is 2. The molecule has 2 heterocycles. The van der Waals surface area contributed by atoms with E-state index in [4.69, 9.17) is 21.4 Å². The lowest BCUT2D eigenvalue weighted by atomic mass is 10.2. The van der Waals surface area contributed by atoms with E-state index in [-0.39, 0.29) is 6.61 Å². The van der Waals surface area contributed by atoms with Crippen LogP contribution in [0.2, 0.25) is 5.02 Å². The van der Waals surface area contributed by atoms with E-state index in [0.717, 1.165) is 17.0 Å². The third-order valence-corrected chi connectivity index (χ3v) is 3.91. The van der Waals surface area contributed by atoms with Crippen molar-refractivity contribution >= 4 is 29.1 Å². The SMILES string of the molecule is CCOc1cccc(CNc2nc(Nc3cnn(CCO)c3)ncc2Cl)c1. The summed E-state index contributed by atoms with van der Waals surface area (Å²) in [6, 6.07) is 7.84. The Morgan fingerprint density at radius 1 is 1.30 bits per heavy atom. The van der Waals surface area contributed by atoms with E-state index in [1.807, 2.05) is 31.2 Å². The molecule has 0 aliphatic heterocycles. The summed E-state index contributed by atoms with van der Waals surface area (Å²) in [6.07, 6.45) is 4.94. The van der Waals surface area contributed by atoms with Crippen molar-refractivity contribution in [1.82, 2.24) is 19.7 Å². The van der Waals surface area contributed by atoms with Gasteiger partial charge in [-0.2, -0.15) is 10.1 Å². The average molecular weight is 389 g/mol. The molecule has 0 saturated heterocycles. The molecular formula is C18H21ClN6O2. The van der Waals surface area contributed by atoms with Crippen LogP contribution < -0.4 is 15.4 Å². The zero-order valence-electron chi connectivity index (χ0n) is 14.9. The number of halogens is 1. The number of anilines is 3. The third-order valence-electron chi connectivity index (χ3n) is 3.63. The van der Waals surface area contributed by atoms with Crippen LogP contribution in [0.15, 0.2) is 42.9 Å². The van der Waals surface area contributed by atoms with Crippen LogP contribution in [0, 0.1) is 0 Å². The topological polar surface area (TPSA) is 97.1 Å².